The van der Waals surface area contributed by atoms with Crippen molar-refractivity contribution < 1.29 is 4.79 Å². The Hall–Kier alpha value is -0.570. The summed E-state index contributed by atoms with van der Waals surface area (Å²) in [5.74, 6) is 2.58. The molecular formula is C20H36N2O. The molecular weight excluding hydrogens is 284 g/mol. The zero-order chi connectivity index (χ0) is 16.4. The van der Waals surface area contributed by atoms with E-state index in [1.165, 1.54) is 32.1 Å². The van der Waals surface area contributed by atoms with Crippen LogP contribution in [0.15, 0.2) is 0 Å². The minimum Gasteiger partial charge on any atom is -0.342 e. The number of hydrogen-bond donors (Lipinski definition) is 0. The Labute approximate surface area is 142 Å². The molecule has 23 heavy (non-hydrogen) atoms. The van der Waals surface area contributed by atoms with E-state index in [2.05, 4.69) is 30.6 Å². The van der Waals surface area contributed by atoms with Crippen LogP contribution in [0.3, 0.4) is 0 Å². The molecule has 0 radical (unpaired) electrons. The second kappa shape index (κ2) is 7.13. The van der Waals surface area contributed by atoms with E-state index in [4.69, 9.17) is 0 Å². The predicted octanol–water partition coefficient (Wildman–Crippen LogP) is 3.78. The molecule has 2 aliphatic heterocycles. The summed E-state index contributed by atoms with van der Waals surface area (Å²) >= 11 is 0. The van der Waals surface area contributed by atoms with E-state index in [1.807, 2.05) is 0 Å². The van der Waals surface area contributed by atoms with Crippen LogP contribution in [0.1, 0.15) is 65.7 Å². The SMILES string of the molecule is CCN1CCC(C(=O)N2CCC3(CC2)CC(CC(C)C)C3)CC1. The molecule has 2 saturated heterocycles. The van der Waals surface area contributed by atoms with Gasteiger partial charge in [-0.1, -0.05) is 20.8 Å². The first-order valence-electron chi connectivity index (χ1n) is 10.0. The molecule has 3 aliphatic rings. The van der Waals surface area contributed by atoms with Crippen molar-refractivity contribution in [2.45, 2.75) is 65.7 Å². The lowest BCUT2D eigenvalue weighted by Crippen LogP contribution is -2.51. The van der Waals surface area contributed by atoms with Crippen molar-refractivity contribution in [3.8, 4) is 0 Å². The lowest BCUT2D eigenvalue weighted by atomic mass is 9.56. The van der Waals surface area contributed by atoms with E-state index in [-0.39, 0.29) is 0 Å². The standard InChI is InChI=1S/C20H36N2O/c1-4-21-9-5-18(6-10-21)19(23)22-11-7-20(8-12-22)14-17(15-20)13-16(2)3/h16-18H,4-15H2,1-3H3. The van der Waals surface area contributed by atoms with Gasteiger partial charge in [0.25, 0.3) is 0 Å². The van der Waals surface area contributed by atoms with Gasteiger partial charge < -0.3 is 9.80 Å². The first kappa shape index (κ1) is 17.3. The van der Waals surface area contributed by atoms with Crippen molar-refractivity contribution in [2.24, 2.45) is 23.2 Å². The van der Waals surface area contributed by atoms with E-state index in [9.17, 15) is 4.79 Å². The van der Waals surface area contributed by atoms with Gasteiger partial charge in [-0.2, -0.15) is 0 Å². The second-order valence-electron chi connectivity index (χ2n) is 8.94. The molecule has 3 rings (SSSR count). The number of piperidine rings is 2. The zero-order valence-electron chi connectivity index (χ0n) is 15.5. The Balaban J connectivity index is 1.42. The number of likely N-dealkylation sites (tertiary alicyclic amines) is 2. The highest BCUT2D eigenvalue weighted by molar-refractivity contribution is 5.79. The summed E-state index contributed by atoms with van der Waals surface area (Å²) in [6.07, 6.45) is 8.95. The summed E-state index contributed by atoms with van der Waals surface area (Å²) in [6.45, 7) is 12.3. The third kappa shape index (κ3) is 3.92. The molecule has 0 aromatic rings. The largest absolute Gasteiger partial charge is 0.342 e. The summed E-state index contributed by atoms with van der Waals surface area (Å²) in [4.78, 5) is 17.5. The van der Waals surface area contributed by atoms with E-state index >= 15 is 0 Å². The summed E-state index contributed by atoms with van der Waals surface area (Å²) in [5.41, 5.74) is 0.613. The minimum absolute atomic E-state index is 0.307. The van der Waals surface area contributed by atoms with Crippen molar-refractivity contribution in [3.05, 3.63) is 0 Å². The molecule has 3 nitrogen and oxygen atoms in total. The monoisotopic (exact) mass is 320 g/mol. The highest BCUT2D eigenvalue weighted by Crippen LogP contribution is 2.54. The van der Waals surface area contributed by atoms with Crippen molar-refractivity contribution in [1.29, 1.82) is 0 Å². The van der Waals surface area contributed by atoms with Gasteiger partial charge in [0.2, 0.25) is 5.91 Å². The third-order valence-electron chi connectivity index (χ3n) is 6.77. The molecule has 0 unspecified atom stereocenters. The number of hydrogen-bond acceptors (Lipinski definition) is 2. The van der Waals surface area contributed by atoms with E-state index in [1.54, 1.807) is 0 Å². The second-order valence-corrected chi connectivity index (χ2v) is 8.94. The molecule has 3 fully saturated rings. The number of nitrogens with zero attached hydrogens (tertiary/aromatic N) is 2. The minimum atomic E-state index is 0.307. The maximum absolute atomic E-state index is 12.8. The van der Waals surface area contributed by atoms with Crippen molar-refractivity contribution in [2.75, 3.05) is 32.7 Å². The number of amides is 1. The van der Waals surface area contributed by atoms with Crippen LogP contribution < -0.4 is 0 Å². The molecule has 3 heteroatoms. The Morgan fingerprint density at radius 3 is 2.22 bits per heavy atom. The molecule has 0 atom stereocenters. The van der Waals surface area contributed by atoms with Gasteiger partial charge >= 0.3 is 0 Å². The fourth-order valence-electron chi connectivity index (χ4n) is 5.36. The molecule has 1 amide bonds. The Morgan fingerprint density at radius 1 is 1.09 bits per heavy atom. The average Bonchev–Trinajstić information content (AvgIpc) is 2.53. The lowest BCUT2D eigenvalue weighted by molar-refractivity contribution is -0.141. The van der Waals surface area contributed by atoms with Crippen LogP contribution in [0.4, 0.5) is 0 Å². The van der Waals surface area contributed by atoms with Gasteiger partial charge in [0, 0.05) is 19.0 Å². The van der Waals surface area contributed by atoms with Crippen LogP contribution in [0.25, 0.3) is 0 Å². The van der Waals surface area contributed by atoms with Crippen LogP contribution >= 0.6 is 0 Å². The Bertz CT molecular complexity index is 396. The quantitative estimate of drug-likeness (QED) is 0.787. The number of carbonyl (C=O) groups is 1. The van der Waals surface area contributed by atoms with Crippen LogP contribution in [0, 0.1) is 23.2 Å². The average molecular weight is 321 g/mol. The highest BCUT2D eigenvalue weighted by Gasteiger charge is 2.46. The molecule has 1 aliphatic carbocycles. The molecule has 0 aromatic heterocycles. The van der Waals surface area contributed by atoms with Crippen LogP contribution in [-0.4, -0.2) is 48.4 Å². The van der Waals surface area contributed by atoms with E-state index in [0.29, 0.717) is 17.2 Å². The normalized spacial score (nSPS) is 26.7. The lowest BCUT2D eigenvalue weighted by Gasteiger charge is -2.53. The fourth-order valence-corrected chi connectivity index (χ4v) is 5.36. The first-order chi connectivity index (χ1) is 11.0. The maximum Gasteiger partial charge on any atom is 0.225 e. The van der Waals surface area contributed by atoms with Crippen molar-refractivity contribution >= 4 is 5.91 Å². The molecule has 2 heterocycles. The Morgan fingerprint density at radius 2 is 1.70 bits per heavy atom. The van der Waals surface area contributed by atoms with Gasteiger partial charge in [-0.25, -0.2) is 0 Å². The molecule has 0 bridgehead atoms. The first-order valence-corrected chi connectivity index (χ1v) is 10.0. The van der Waals surface area contributed by atoms with E-state index < -0.39 is 0 Å². The van der Waals surface area contributed by atoms with Crippen LogP contribution in [-0.2, 0) is 4.79 Å². The predicted molar refractivity (Wildman–Crippen MR) is 95.3 cm³/mol. The van der Waals surface area contributed by atoms with Gasteiger partial charge in [-0.3, -0.25) is 4.79 Å². The summed E-state index contributed by atoms with van der Waals surface area (Å²) in [7, 11) is 0. The fraction of sp³-hybridized carbons (Fsp3) is 0.950. The smallest absolute Gasteiger partial charge is 0.225 e. The van der Waals surface area contributed by atoms with Crippen molar-refractivity contribution in [3.63, 3.8) is 0 Å². The molecule has 1 saturated carbocycles. The molecule has 132 valence electrons. The summed E-state index contributed by atoms with van der Waals surface area (Å²) in [6, 6.07) is 0. The van der Waals surface area contributed by atoms with Crippen LogP contribution in [0.2, 0.25) is 0 Å². The number of carbonyl (C=O) groups excluding carboxylic acids is 1. The topological polar surface area (TPSA) is 23.6 Å². The van der Waals surface area contributed by atoms with Gasteiger partial charge in [-0.15, -0.1) is 0 Å². The maximum atomic E-state index is 12.8. The van der Waals surface area contributed by atoms with Gasteiger partial charge in [0.05, 0.1) is 0 Å². The summed E-state index contributed by atoms with van der Waals surface area (Å²) < 4.78 is 0. The number of rotatable bonds is 4. The van der Waals surface area contributed by atoms with Gasteiger partial charge in [-0.05, 0) is 81.8 Å². The molecule has 0 aromatic carbocycles. The summed E-state index contributed by atoms with van der Waals surface area (Å²) in [5, 5.41) is 0. The molecule has 0 N–H and O–H groups in total. The highest BCUT2D eigenvalue weighted by atomic mass is 16.2. The van der Waals surface area contributed by atoms with Crippen molar-refractivity contribution in [1.82, 2.24) is 9.80 Å². The van der Waals surface area contributed by atoms with Crippen LogP contribution in [0.5, 0.6) is 0 Å². The molecule has 1 spiro atoms. The third-order valence-corrected chi connectivity index (χ3v) is 6.77. The van der Waals surface area contributed by atoms with Gasteiger partial charge in [0.15, 0.2) is 0 Å². The van der Waals surface area contributed by atoms with Gasteiger partial charge in [0.1, 0.15) is 0 Å². The Kier molecular flexibility index (Phi) is 5.35. The zero-order valence-corrected chi connectivity index (χ0v) is 15.5. The van der Waals surface area contributed by atoms with E-state index in [0.717, 1.165) is 57.4 Å².